The molecule has 0 saturated heterocycles. The van der Waals surface area contributed by atoms with Gasteiger partial charge < -0.3 is 24.6 Å². The number of aromatic nitrogens is 3. The van der Waals surface area contributed by atoms with Crippen molar-refractivity contribution in [3.05, 3.63) is 64.6 Å². The number of hydrogen-bond acceptors (Lipinski definition) is 10. The van der Waals surface area contributed by atoms with E-state index in [2.05, 4.69) is 30.3 Å². The first-order valence-electron chi connectivity index (χ1n) is 14.6. The van der Waals surface area contributed by atoms with E-state index in [1.54, 1.807) is 19.1 Å². The monoisotopic (exact) mass is 700 g/mol. The van der Waals surface area contributed by atoms with Gasteiger partial charge in [-0.15, -0.1) is 0 Å². The molecule has 0 radical (unpaired) electrons. The highest BCUT2D eigenvalue weighted by molar-refractivity contribution is 5.90. The molecular formula is C30H30F6N6O7. The number of carboxylic acids is 1. The first kappa shape index (κ1) is 36.5. The molecule has 3 aromatic rings. The fraction of sp³-hybridized carbons (Fsp3) is 0.400. The van der Waals surface area contributed by atoms with Crippen molar-refractivity contribution in [2.75, 3.05) is 35.9 Å². The van der Waals surface area contributed by atoms with Gasteiger partial charge in [0.25, 0.3) is 0 Å². The number of rotatable bonds is 10. The molecule has 0 spiro atoms. The minimum Gasteiger partial charge on any atom is -0.481 e. The SMILES string of the molecule is CCOC(=O)N1c2ccc(OC)nc2[C@@H](Nc2ncc(NC(=O)OCC(=O)O)c(Cc3cc(C(F)(F)F)cc(C(F)(F)F)c3)n2)C[C@H]1CC. The van der Waals surface area contributed by atoms with Crippen LogP contribution in [0.15, 0.2) is 36.5 Å². The number of halogens is 6. The zero-order chi connectivity index (χ0) is 36.1. The van der Waals surface area contributed by atoms with Crippen molar-refractivity contribution in [3.8, 4) is 5.88 Å². The molecule has 1 aliphatic heterocycles. The van der Waals surface area contributed by atoms with Gasteiger partial charge in [0.05, 0.1) is 59.8 Å². The zero-order valence-electron chi connectivity index (χ0n) is 26.1. The van der Waals surface area contributed by atoms with Crippen LogP contribution in [0.3, 0.4) is 0 Å². The highest BCUT2D eigenvalue weighted by atomic mass is 19.4. The summed E-state index contributed by atoms with van der Waals surface area (Å²) in [6.07, 6.45) is -11.1. The molecule has 19 heteroatoms. The molecule has 0 fully saturated rings. The Morgan fingerprint density at radius 3 is 2.24 bits per heavy atom. The first-order chi connectivity index (χ1) is 23.0. The van der Waals surface area contributed by atoms with E-state index < -0.39 is 72.3 Å². The summed E-state index contributed by atoms with van der Waals surface area (Å²) in [4.78, 5) is 50.4. The molecular weight excluding hydrogens is 670 g/mol. The molecule has 2 amide bonds. The van der Waals surface area contributed by atoms with Gasteiger partial charge in [-0.3, -0.25) is 10.2 Å². The number of amides is 2. The van der Waals surface area contributed by atoms with Crippen molar-refractivity contribution in [1.29, 1.82) is 0 Å². The van der Waals surface area contributed by atoms with Gasteiger partial charge in [0.2, 0.25) is 11.8 Å². The van der Waals surface area contributed by atoms with Gasteiger partial charge in [-0.1, -0.05) is 6.92 Å². The minimum atomic E-state index is -5.12. The Labute approximate surface area is 274 Å². The fourth-order valence-corrected chi connectivity index (χ4v) is 5.10. The maximum Gasteiger partial charge on any atom is 0.416 e. The van der Waals surface area contributed by atoms with Gasteiger partial charge in [0.15, 0.2) is 6.61 Å². The van der Waals surface area contributed by atoms with Crippen LogP contribution in [-0.4, -0.2) is 64.6 Å². The number of ether oxygens (including phenoxy) is 3. The lowest BCUT2D eigenvalue weighted by atomic mass is 9.93. The number of pyridine rings is 1. The predicted molar refractivity (Wildman–Crippen MR) is 159 cm³/mol. The third-order valence-corrected chi connectivity index (χ3v) is 7.24. The number of carboxylic acid groups (broad SMARTS) is 1. The third-order valence-electron chi connectivity index (χ3n) is 7.24. The van der Waals surface area contributed by atoms with Gasteiger partial charge >= 0.3 is 30.5 Å². The van der Waals surface area contributed by atoms with Crippen molar-refractivity contribution < 1.29 is 60.0 Å². The molecule has 264 valence electrons. The molecule has 1 aromatic carbocycles. The van der Waals surface area contributed by atoms with E-state index in [0.717, 1.165) is 6.20 Å². The van der Waals surface area contributed by atoms with Crippen LogP contribution in [0.25, 0.3) is 0 Å². The zero-order valence-corrected chi connectivity index (χ0v) is 26.1. The van der Waals surface area contributed by atoms with E-state index in [1.165, 1.54) is 12.0 Å². The van der Waals surface area contributed by atoms with Crippen LogP contribution in [0.4, 0.5) is 53.3 Å². The van der Waals surface area contributed by atoms with Gasteiger partial charge in [-0.05, 0) is 49.6 Å². The highest BCUT2D eigenvalue weighted by Crippen LogP contribution is 2.41. The number of aliphatic carboxylic acids is 1. The largest absolute Gasteiger partial charge is 0.481 e. The third kappa shape index (κ3) is 8.96. The quantitative estimate of drug-likeness (QED) is 0.199. The first-order valence-corrected chi connectivity index (χ1v) is 14.6. The average Bonchev–Trinajstić information content (AvgIpc) is 3.03. The van der Waals surface area contributed by atoms with Crippen molar-refractivity contribution in [1.82, 2.24) is 15.0 Å². The summed E-state index contributed by atoms with van der Waals surface area (Å²) in [6.45, 7) is 2.58. The lowest BCUT2D eigenvalue weighted by Gasteiger charge is -2.39. The van der Waals surface area contributed by atoms with E-state index in [1.807, 2.05) is 6.92 Å². The van der Waals surface area contributed by atoms with E-state index in [-0.39, 0.29) is 42.3 Å². The number of anilines is 3. The molecule has 3 N–H and O–H groups in total. The van der Waals surface area contributed by atoms with Crippen molar-refractivity contribution in [3.63, 3.8) is 0 Å². The molecule has 4 rings (SSSR count). The summed E-state index contributed by atoms with van der Waals surface area (Å²) in [6, 6.07) is 3.06. The number of hydrogen-bond donors (Lipinski definition) is 3. The summed E-state index contributed by atoms with van der Waals surface area (Å²) >= 11 is 0. The van der Waals surface area contributed by atoms with Crippen LogP contribution in [0.2, 0.25) is 0 Å². The lowest BCUT2D eigenvalue weighted by molar-refractivity contribution is -0.143. The van der Waals surface area contributed by atoms with E-state index >= 15 is 0 Å². The Morgan fingerprint density at radius 1 is 1.00 bits per heavy atom. The lowest BCUT2D eigenvalue weighted by Crippen LogP contribution is -2.46. The Balaban J connectivity index is 1.77. The number of carbonyl (C=O) groups excluding carboxylic acids is 2. The maximum absolute atomic E-state index is 13.6. The van der Waals surface area contributed by atoms with Crippen LogP contribution in [0, 0.1) is 0 Å². The van der Waals surface area contributed by atoms with Crippen LogP contribution < -0.4 is 20.3 Å². The van der Waals surface area contributed by atoms with Crippen LogP contribution in [0.1, 0.15) is 60.8 Å². The topological polar surface area (TPSA) is 165 Å². The molecule has 49 heavy (non-hydrogen) atoms. The van der Waals surface area contributed by atoms with Gasteiger partial charge in [-0.2, -0.15) is 26.3 Å². The van der Waals surface area contributed by atoms with Crippen LogP contribution in [0.5, 0.6) is 5.88 Å². The van der Waals surface area contributed by atoms with E-state index in [0.29, 0.717) is 29.9 Å². The molecule has 0 unspecified atom stereocenters. The Morgan fingerprint density at radius 2 is 1.67 bits per heavy atom. The second-order valence-electron chi connectivity index (χ2n) is 10.6. The average molecular weight is 701 g/mol. The summed E-state index contributed by atoms with van der Waals surface area (Å²) < 4.78 is 96.6. The van der Waals surface area contributed by atoms with Crippen molar-refractivity contribution >= 4 is 35.5 Å². The second-order valence-corrected chi connectivity index (χ2v) is 10.6. The Hall–Kier alpha value is -5.36. The fourth-order valence-electron chi connectivity index (χ4n) is 5.10. The molecule has 0 saturated carbocycles. The number of fused-ring (bicyclic) bond motifs is 1. The molecule has 1 aliphatic rings. The molecule has 0 bridgehead atoms. The van der Waals surface area contributed by atoms with E-state index in [9.17, 15) is 40.7 Å². The highest BCUT2D eigenvalue weighted by Gasteiger charge is 2.39. The summed E-state index contributed by atoms with van der Waals surface area (Å²) in [5.74, 6) is -1.45. The standard InChI is InChI=1S/C30H30F6N6O7/c1-4-18-12-20(25-22(6-7-23(41-25)47-3)42(18)28(46)48-5-2)39-26-37-13-21(40-27(45)49-14-24(43)44)19(38-26)10-15-8-16(29(31,32)33)11-17(9-15)30(34,35)36/h6-9,11,13,18,20H,4-5,10,12,14H2,1-3H3,(H,40,45)(H,43,44)(H,37,38,39)/t18-,20+/m1/s1. The number of alkyl halides is 6. The normalized spacial score (nSPS) is 16.0. The Bertz CT molecular complexity index is 1670. The van der Waals surface area contributed by atoms with Gasteiger partial charge in [-0.25, -0.2) is 29.3 Å². The number of nitrogens with one attached hydrogen (secondary N) is 2. The molecule has 2 aromatic heterocycles. The van der Waals surface area contributed by atoms with Gasteiger partial charge in [0, 0.05) is 18.5 Å². The second kappa shape index (κ2) is 14.8. The minimum absolute atomic E-state index is 0.0234. The Kier molecular flexibility index (Phi) is 11.0. The van der Waals surface area contributed by atoms with Gasteiger partial charge in [0.1, 0.15) is 0 Å². The molecule has 0 aliphatic carbocycles. The molecule has 2 atom stereocenters. The van der Waals surface area contributed by atoms with Crippen LogP contribution >= 0.6 is 0 Å². The summed E-state index contributed by atoms with van der Waals surface area (Å²) in [5.41, 5.74) is -3.39. The van der Waals surface area contributed by atoms with Crippen LogP contribution in [-0.2, 0) is 33.0 Å². The number of methoxy groups -OCH3 is 1. The number of carbonyl (C=O) groups is 3. The maximum atomic E-state index is 13.6. The summed E-state index contributed by atoms with van der Waals surface area (Å²) in [5, 5.41) is 14.0. The van der Waals surface area contributed by atoms with Crippen molar-refractivity contribution in [2.45, 2.75) is 57.5 Å². The molecule has 3 heterocycles. The smallest absolute Gasteiger partial charge is 0.416 e. The summed E-state index contributed by atoms with van der Waals surface area (Å²) in [7, 11) is 1.39. The molecule has 13 nitrogen and oxygen atoms in total. The van der Waals surface area contributed by atoms with E-state index in [4.69, 9.17) is 14.6 Å². The predicted octanol–water partition coefficient (Wildman–Crippen LogP) is 6.44. The van der Waals surface area contributed by atoms with Crippen molar-refractivity contribution in [2.24, 2.45) is 0 Å². The number of benzene rings is 1. The number of nitrogens with zero attached hydrogens (tertiary/aromatic N) is 4.